The number of aliphatic hydroxyl groups excluding tert-OH is 6. The summed E-state index contributed by atoms with van der Waals surface area (Å²) in [5, 5.41) is 69.6. The lowest BCUT2D eigenvalue weighted by Crippen LogP contribution is -2.50. The molecule has 7 atom stereocenters. The predicted octanol–water partition coefficient (Wildman–Crippen LogP) is -2.06. The van der Waals surface area contributed by atoms with Gasteiger partial charge in [-0.1, -0.05) is 0 Å². The summed E-state index contributed by atoms with van der Waals surface area (Å²) >= 11 is 0. The highest BCUT2D eigenvalue weighted by Gasteiger charge is 2.40. The van der Waals surface area contributed by atoms with Gasteiger partial charge in [-0.05, 0) is 24.4 Å². The molecule has 0 unspecified atom stereocenters. The van der Waals surface area contributed by atoms with E-state index in [4.69, 9.17) is 23.7 Å². The zero-order chi connectivity index (χ0) is 25.3. The number of methoxy groups -OCH3 is 1. The van der Waals surface area contributed by atoms with Crippen LogP contribution in [0, 0.1) is 6.92 Å². The highest BCUT2D eigenvalue weighted by Crippen LogP contribution is 2.44. The van der Waals surface area contributed by atoms with Crippen LogP contribution < -0.4 is 10.4 Å². The Balaban J connectivity index is 2.04. The van der Waals surface area contributed by atoms with E-state index in [0.717, 1.165) is 0 Å². The first-order valence-corrected chi connectivity index (χ1v) is 10.2. The van der Waals surface area contributed by atoms with Crippen LogP contribution in [0.15, 0.2) is 21.3 Å². The minimum atomic E-state index is -2.23. The lowest BCUT2D eigenvalue weighted by molar-refractivity contribution is -0.231. The van der Waals surface area contributed by atoms with Gasteiger partial charge in [0.25, 0.3) is 0 Å². The van der Waals surface area contributed by atoms with E-state index in [1.54, 1.807) is 0 Å². The maximum absolute atomic E-state index is 12.5. The molecule has 188 valence electrons. The molecular formula is C21H26O13. The third kappa shape index (κ3) is 4.92. The van der Waals surface area contributed by atoms with Gasteiger partial charge in [0.15, 0.2) is 12.4 Å². The Morgan fingerprint density at radius 2 is 1.74 bits per heavy atom. The Bertz CT molecular complexity index is 1100. The minimum absolute atomic E-state index is 0.199. The molecule has 0 saturated heterocycles. The summed E-state index contributed by atoms with van der Waals surface area (Å²) < 4.78 is 20.8. The number of ether oxygens (including phenoxy) is 3. The van der Waals surface area contributed by atoms with Crippen LogP contribution in [0.3, 0.4) is 0 Å². The third-order valence-electron chi connectivity index (χ3n) is 5.53. The van der Waals surface area contributed by atoms with Crippen molar-refractivity contribution < 1.29 is 59.2 Å². The summed E-state index contributed by atoms with van der Waals surface area (Å²) in [5.41, 5.74) is -1.11. The third-order valence-corrected chi connectivity index (χ3v) is 5.53. The summed E-state index contributed by atoms with van der Waals surface area (Å²) in [6.45, 7) is 0.573. The molecule has 34 heavy (non-hydrogen) atoms. The van der Waals surface area contributed by atoms with Crippen LogP contribution in [-0.4, -0.2) is 92.2 Å². The van der Waals surface area contributed by atoms with Gasteiger partial charge in [-0.25, -0.2) is 9.59 Å². The molecule has 1 aromatic carbocycles. The van der Waals surface area contributed by atoms with Crippen LogP contribution in [0.4, 0.5) is 0 Å². The van der Waals surface area contributed by atoms with Crippen molar-refractivity contribution in [2.75, 3.05) is 13.7 Å². The van der Waals surface area contributed by atoms with E-state index in [0.29, 0.717) is 0 Å². The first kappa shape index (κ1) is 26.0. The molecule has 0 amide bonds. The average Bonchev–Trinajstić information content (AvgIpc) is 2.91. The number of aliphatic hydroxyl groups is 6. The number of benzene rings is 1. The van der Waals surface area contributed by atoms with Gasteiger partial charge in [-0.2, -0.15) is 0 Å². The van der Waals surface area contributed by atoms with Crippen molar-refractivity contribution in [3.63, 3.8) is 0 Å². The van der Waals surface area contributed by atoms with E-state index in [1.165, 1.54) is 26.2 Å². The number of hydrogen-bond acceptors (Lipinski definition) is 13. The van der Waals surface area contributed by atoms with Crippen LogP contribution in [-0.2, 0) is 14.3 Å². The maximum Gasteiger partial charge on any atom is 0.347 e. The van der Waals surface area contributed by atoms with E-state index >= 15 is 0 Å². The molecule has 7 N–H and O–H groups in total. The number of phenols is 1. The Morgan fingerprint density at radius 3 is 2.35 bits per heavy atom. The molecule has 13 heteroatoms. The van der Waals surface area contributed by atoms with Gasteiger partial charge < -0.3 is 54.4 Å². The molecule has 2 heterocycles. The van der Waals surface area contributed by atoms with Crippen LogP contribution in [0.25, 0.3) is 10.8 Å². The Kier molecular flexibility index (Phi) is 7.90. The molecule has 3 rings (SSSR count). The number of hydrogen-bond donors (Lipinski definition) is 7. The van der Waals surface area contributed by atoms with Crippen molar-refractivity contribution in [2.45, 2.75) is 56.3 Å². The molecular weight excluding hydrogens is 460 g/mol. The van der Waals surface area contributed by atoms with Gasteiger partial charge >= 0.3 is 11.6 Å². The molecule has 1 aromatic heterocycles. The standard InChI is InChI=1S/C21H26O13/c1-7-3-8-4-10-14(16(25)13(8)20(29)32-7)11(5-12(31-2)19(28)33-10)34-21(30)18(27)17(26)15(24)9(23)6-22/h3-4,9,11-12,15,17-18,21-27,30H,5-6H2,1-2H3/t9-,11-,12+,15-,17+,18+,21-/m0/s1. The molecule has 0 aliphatic carbocycles. The number of aromatic hydroxyl groups is 1. The van der Waals surface area contributed by atoms with Gasteiger partial charge in [0, 0.05) is 13.5 Å². The molecule has 0 spiro atoms. The SMILES string of the molecule is CO[C@@H]1C[C@H](O[C@H](O)[C@H](O)[C@H](O)[C@@H](O)[C@@H](O)CO)c2c(cc3cc(C)oc(=O)c3c2O)OC1=O. The second-order valence-electron chi connectivity index (χ2n) is 7.86. The number of esters is 1. The van der Waals surface area contributed by atoms with Gasteiger partial charge in [0.1, 0.15) is 47.1 Å². The number of phenolic OH excluding ortho intramolecular Hbond substituents is 1. The highest BCUT2D eigenvalue weighted by molar-refractivity contribution is 5.92. The normalized spacial score (nSPS) is 22.9. The molecule has 0 fully saturated rings. The molecule has 0 radical (unpaired) electrons. The van der Waals surface area contributed by atoms with Crippen LogP contribution in [0.5, 0.6) is 11.5 Å². The average molecular weight is 486 g/mol. The van der Waals surface area contributed by atoms with Crippen molar-refractivity contribution in [1.82, 2.24) is 0 Å². The van der Waals surface area contributed by atoms with E-state index in [-0.39, 0.29) is 34.3 Å². The van der Waals surface area contributed by atoms with E-state index < -0.39 is 66.9 Å². The fourth-order valence-corrected chi connectivity index (χ4v) is 3.70. The minimum Gasteiger partial charge on any atom is -0.506 e. The van der Waals surface area contributed by atoms with Gasteiger partial charge in [0.2, 0.25) is 0 Å². The lowest BCUT2D eigenvalue weighted by Gasteiger charge is -2.30. The second kappa shape index (κ2) is 10.3. The summed E-state index contributed by atoms with van der Waals surface area (Å²) in [6, 6.07) is 2.72. The first-order valence-electron chi connectivity index (χ1n) is 10.2. The summed E-state index contributed by atoms with van der Waals surface area (Å²) in [4.78, 5) is 24.8. The molecule has 0 bridgehead atoms. The van der Waals surface area contributed by atoms with Crippen molar-refractivity contribution in [3.05, 3.63) is 33.9 Å². The number of carbonyl (C=O) groups is 1. The highest BCUT2D eigenvalue weighted by atomic mass is 16.6. The lowest BCUT2D eigenvalue weighted by atomic mass is 9.98. The van der Waals surface area contributed by atoms with Crippen molar-refractivity contribution in [2.24, 2.45) is 0 Å². The van der Waals surface area contributed by atoms with Crippen LogP contribution >= 0.6 is 0 Å². The zero-order valence-corrected chi connectivity index (χ0v) is 18.2. The Hall–Kier alpha value is -2.62. The summed E-state index contributed by atoms with van der Waals surface area (Å²) in [5.74, 6) is -1.49. The van der Waals surface area contributed by atoms with Crippen LogP contribution in [0.2, 0.25) is 0 Å². The van der Waals surface area contributed by atoms with Crippen molar-refractivity contribution in [1.29, 1.82) is 0 Å². The topological polar surface area (TPSA) is 217 Å². The maximum atomic E-state index is 12.5. The summed E-state index contributed by atoms with van der Waals surface area (Å²) in [6.07, 6.45) is -13.5. The van der Waals surface area contributed by atoms with Gasteiger partial charge in [-0.15, -0.1) is 0 Å². The van der Waals surface area contributed by atoms with Crippen molar-refractivity contribution >= 4 is 16.7 Å². The molecule has 1 aliphatic rings. The first-order chi connectivity index (χ1) is 16.0. The monoisotopic (exact) mass is 486 g/mol. The van der Waals surface area contributed by atoms with Gasteiger partial charge in [0.05, 0.1) is 18.3 Å². The van der Waals surface area contributed by atoms with Gasteiger partial charge in [-0.3, -0.25) is 0 Å². The van der Waals surface area contributed by atoms with Crippen molar-refractivity contribution in [3.8, 4) is 11.5 Å². The van der Waals surface area contributed by atoms with E-state index in [9.17, 15) is 40.2 Å². The zero-order valence-electron chi connectivity index (χ0n) is 18.2. The number of fused-ring (bicyclic) bond motifs is 2. The van der Waals surface area contributed by atoms with E-state index in [1.807, 2.05) is 0 Å². The quantitative estimate of drug-likeness (QED) is 0.121. The molecule has 13 nitrogen and oxygen atoms in total. The van der Waals surface area contributed by atoms with Crippen LogP contribution in [0.1, 0.15) is 23.8 Å². The summed E-state index contributed by atoms with van der Waals surface area (Å²) in [7, 11) is 1.20. The number of carbonyl (C=O) groups excluding carboxylic acids is 1. The predicted molar refractivity (Wildman–Crippen MR) is 111 cm³/mol. The number of aryl methyl sites for hydroxylation is 1. The molecule has 1 aliphatic heterocycles. The largest absolute Gasteiger partial charge is 0.506 e. The smallest absolute Gasteiger partial charge is 0.347 e. The number of rotatable bonds is 8. The van der Waals surface area contributed by atoms with E-state index in [2.05, 4.69) is 0 Å². The molecule has 2 aromatic rings. The molecule has 0 saturated carbocycles. The fraction of sp³-hybridized carbons (Fsp3) is 0.524. The Morgan fingerprint density at radius 1 is 1.06 bits per heavy atom. The fourth-order valence-electron chi connectivity index (χ4n) is 3.70. The second-order valence-corrected chi connectivity index (χ2v) is 7.86. The Labute approximate surface area is 192 Å².